The molecule has 1 aromatic carbocycles. The van der Waals surface area contributed by atoms with E-state index >= 15 is 0 Å². The molecule has 3 heteroatoms. The Hall–Kier alpha value is -1.51. The van der Waals surface area contributed by atoms with Crippen LogP contribution in [0.25, 0.3) is 0 Å². The predicted molar refractivity (Wildman–Crippen MR) is 62.4 cm³/mol. The smallest absolute Gasteiger partial charge is 0.450 e. The van der Waals surface area contributed by atoms with Crippen LogP contribution in [-0.4, -0.2) is 11.3 Å². The van der Waals surface area contributed by atoms with Gasteiger partial charge in [0.2, 0.25) is 0 Å². The van der Waals surface area contributed by atoms with E-state index in [2.05, 4.69) is 6.92 Å². The molecule has 88 valence electrons. The van der Waals surface area contributed by atoms with Gasteiger partial charge in [-0.1, -0.05) is 50.1 Å². The minimum absolute atomic E-state index is 0.328. The summed E-state index contributed by atoms with van der Waals surface area (Å²) >= 11 is 0. The van der Waals surface area contributed by atoms with Crippen molar-refractivity contribution >= 4 is 6.16 Å². The standard InChI is InChI=1S/C13H18O3/c1-2-3-5-10-12(16-13(14)15)11-8-6-4-7-9-11/h4,6-9,12H,2-3,5,10H2,1H3,(H,14,15). The number of carbonyl (C=O) groups is 1. The third kappa shape index (κ3) is 4.34. The van der Waals surface area contributed by atoms with Gasteiger partial charge in [0.15, 0.2) is 0 Å². The van der Waals surface area contributed by atoms with E-state index in [0.29, 0.717) is 0 Å². The highest BCUT2D eigenvalue weighted by atomic mass is 16.7. The van der Waals surface area contributed by atoms with Crippen LogP contribution in [0.15, 0.2) is 30.3 Å². The van der Waals surface area contributed by atoms with Gasteiger partial charge < -0.3 is 9.84 Å². The Morgan fingerprint density at radius 2 is 2.00 bits per heavy atom. The quantitative estimate of drug-likeness (QED) is 0.584. The normalized spacial score (nSPS) is 12.1. The van der Waals surface area contributed by atoms with Crippen LogP contribution in [0.1, 0.15) is 44.3 Å². The molecule has 16 heavy (non-hydrogen) atoms. The van der Waals surface area contributed by atoms with E-state index in [1.165, 1.54) is 0 Å². The molecule has 1 rings (SSSR count). The molecule has 0 bridgehead atoms. The Morgan fingerprint density at radius 3 is 2.56 bits per heavy atom. The van der Waals surface area contributed by atoms with Crippen LogP contribution in [0.5, 0.6) is 0 Å². The molecule has 0 aliphatic heterocycles. The van der Waals surface area contributed by atoms with E-state index < -0.39 is 6.16 Å². The molecule has 0 amide bonds. The largest absolute Gasteiger partial charge is 0.506 e. The molecule has 0 aliphatic carbocycles. The number of hydrogen-bond donors (Lipinski definition) is 1. The lowest BCUT2D eigenvalue weighted by molar-refractivity contribution is 0.0464. The van der Waals surface area contributed by atoms with E-state index in [1.54, 1.807) is 0 Å². The van der Waals surface area contributed by atoms with E-state index in [4.69, 9.17) is 9.84 Å². The molecule has 0 radical (unpaired) electrons. The van der Waals surface area contributed by atoms with Crippen LogP contribution >= 0.6 is 0 Å². The van der Waals surface area contributed by atoms with E-state index in [9.17, 15) is 4.79 Å². The van der Waals surface area contributed by atoms with Gasteiger partial charge in [0, 0.05) is 0 Å². The molecule has 0 aromatic heterocycles. The first-order valence-electron chi connectivity index (χ1n) is 5.68. The zero-order chi connectivity index (χ0) is 11.8. The van der Waals surface area contributed by atoms with Crippen LogP contribution in [0, 0.1) is 0 Å². The maximum atomic E-state index is 10.6. The first-order valence-corrected chi connectivity index (χ1v) is 5.68. The highest BCUT2D eigenvalue weighted by Crippen LogP contribution is 2.23. The van der Waals surface area contributed by atoms with Crippen molar-refractivity contribution in [2.24, 2.45) is 0 Å². The number of ether oxygens (including phenoxy) is 1. The molecule has 1 aromatic rings. The van der Waals surface area contributed by atoms with Crippen LogP contribution in [0.4, 0.5) is 4.79 Å². The Balaban J connectivity index is 2.60. The van der Waals surface area contributed by atoms with Gasteiger partial charge in [-0.3, -0.25) is 0 Å². The van der Waals surface area contributed by atoms with Gasteiger partial charge in [-0.15, -0.1) is 0 Å². The second-order valence-electron chi connectivity index (χ2n) is 3.78. The summed E-state index contributed by atoms with van der Waals surface area (Å²) in [5.41, 5.74) is 0.931. The molecular formula is C13H18O3. The average Bonchev–Trinajstić information content (AvgIpc) is 2.29. The molecule has 3 nitrogen and oxygen atoms in total. The van der Waals surface area contributed by atoms with Crippen molar-refractivity contribution in [3.8, 4) is 0 Å². The van der Waals surface area contributed by atoms with Gasteiger partial charge in [0.1, 0.15) is 6.10 Å². The summed E-state index contributed by atoms with van der Waals surface area (Å²) in [5, 5.41) is 8.68. The topological polar surface area (TPSA) is 46.5 Å². The minimum atomic E-state index is -1.20. The van der Waals surface area contributed by atoms with Gasteiger partial charge in [-0.25, -0.2) is 4.79 Å². The summed E-state index contributed by atoms with van der Waals surface area (Å²) in [6.07, 6.45) is 2.43. The lowest BCUT2D eigenvalue weighted by Crippen LogP contribution is -2.09. The van der Waals surface area contributed by atoms with Gasteiger partial charge in [-0.2, -0.15) is 0 Å². The van der Waals surface area contributed by atoms with Crippen molar-refractivity contribution in [2.45, 2.75) is 38.7 Å². The molecule has 0 heterocycles. The highest BCUT2D eigenvalue weighted by molar-refractivity contribution is 5.57. The number of hydrogen-bond acceptors (Lipinski definition) is 2. The highest BCUT2D eigenvalue weighted by Gasteiger charge is 2.15. The fourth-order valence-corrected chi connectivity index (χ4v) is 1.66. The molecule has 0 aliphatic rings. The monoisotopic (exact) mass is 222 g/mol. The molecular weight excluding hydrogens is 204 g/mol. The number of rotatable bonds is 6. The maximum absolute atomic E-state index is 10.6. The van der Waals surface area contributed by atoms with Crippen LogP contribution in [0.2, 0.25) is 0 Å². The second kappa shape index (κ2) is 6.88. The molecule has 1 atom stereocenters. The van der Waals surface area contributed by atoms with Gasteiger partial charge >= 0.3 is 6.16 Å². The Morgan fingerprint density at radius 1 is 1.31 bits per heavy atom. The fraction of sp³-hybridized carbons (Fsp3) is 0.462. The third-order valence-corrected chi connectivity index (χ3v) is 2.48. The van der Waals surface area contributed by atoms with Gasteiger partial charge in [0.25, 0.3) is 0 Å². The van der Waals surface area contributed by atoms with Crippen molar-refractivity contribution in [1.82, 2.24) is 0 Å². The number of unbranched alkanes of at least 4 members (excludes halogenated alkanes) is 2. The first-order chi connectivity index (χ1) is 7.74. The zero-order valence-corrected chi connectivity index (χ0v) is 9.56. The Kier molecular flexibility index (Phi) is 5.40. The molecule has 1 N–H and O–H groups in total. The second-order valence-corrected chi connectivity index (χ2v) is 3.78. The predicted octanol–water partition coefficient (Wildman–Crippen LogP) is 4.00. The van der Waals surface area contributed by atoms with E-state index in [-0.39, 0.29) is 6.10 Å². The summed E-state index contributed by atoms with van der Waals surface area (Å²) in [6.45, 7) is 2.12. The fourth-order valence-electron chi connectivity index (χ4n) is 1.66. The summed E-state index contributed by atoms with van der Waals surface area (Å²) < 4.78 is 4.90. The minimum Gasteiger partial charge on any atom is -0.450 e. The van der Waals surface area contributed by atoms with Gasteiger partial charge in [-0.05, 0) is 18.4 Å². The molecule has 0 saturated carbocycles. The van der Waals surface area contributed by atoms with Crippen molar-refractivity contribution in [3.05, 3.63) is 35.9 Å². The van der Waals surface area contributed by atoms with Crippen molar-refractivity contribution in [1.29, 1.82) is 0 Å². The number of carboxylic acid groups (broad SMARTS) is 1. The van der Waals surface area contributed by atoms with E-state index in [0.717, 1.165) is 31.2 Å². The summed E-state index contributed by atoms with van der Waals surface area (Å²) in [6, 6.07) is 9.51. The summed E-state index contributed by atoms with van der Waals surface area (Å²) in [7, 11) is 0. The Labute approximate surface area is 96.1 Å². The summed E-state index contributed by atoms with van der Waals surface area (Å²) in [5.74, 6) is 0. The molecule has 1 unspecified atom stereocenters. The molecule has 0 fully saturated rings. The summed E-state index contributed by atoms with van der Waals surface area (Å²) in [4.78, 5) is 10.6. The van der Waals surface area contributed by atoms with Crippen LogP contribution in [0.3, 0.4) is 0 Å². The van der Waals surface area contributed by atoms with Crippen LogP contribution < -0.4 is 0 Å². The number of benzene rings is 1. The SMILES string of the molecule is CCCCCC(OC(=O)O)c1ccccc1. The maximum Gasteiger partial charge on any atom is 0.506 e. The Bertz CT molecular complexity index is 308. The van der Waals surface area contributed by atoms with Crippen molar-refractivity contribution in [2.75, 3.05) is 0 Å². The van der Waals surface area contributed by atoms with E-state index in [1.807, 2.05) is 30.3 Å². The average molecular weight is 222 g/mol. The van der Waals surface area contributed by atoms with Gasteiger partial charge in [0.05, 0.1) is 0 Å². The third-order valence-electron chi connectivity index (χ3n) is 2.48. The van der Waals surface area contributed by atoms with Crippen molar-refractivity contribution < 1.29 is 14.6 Å². The van der Waals surface area contributed by atoms with Crippen LogP contribution in [-0.2, 0) is 4.74 Å². The lowest BCUT2D eigenvalue weighted by atomic mass is 10.0. The van der Waals surface area contributed by atoms with Crippen molar-refractivity contribution in [3.63, 3.8) is 0 Å². The zero-order valence-electron chi connectivity index (χ0n) is 9.56. The molecule has 0 saturated heterocycles. The first kappa shape index (κ1) is 12.6. The lowest BCUT2D eigenvalue weighted by Gasteiger charge is -2.15. The molecule has 0 spiro atoms.